The number of rotatable bonds is 48. The van der Waals surface area contributed by atoms with Gasteiger partial charge in [0.25, 0.3) is 0 Å². The maximum absolute atomic E-state index is 13.1. The highest BCUT2D eigenvalue weighted by molar-refractivity contribution is 5.74. The first-order valence-corrected chi connectivity index (χ1v) is 28.6. The molecule has 0 radical (unpaired) electrons. The second-order valence-corrected chi connectivity index (χ2v) is 19.6. The molecule has 1 fully saturated rings. The zero-order chi connectivity index (χ0) is 51.8. The average Bonchev–Trinajstić information content (AvgIpc) is 3.35. The van der Waals surface area contributed by atoms with Gasteiger partial charge in [-0.2, -0.15) is 0 Å². The normalized spacial score (nSPS) is 18.8. The SMILES string of the molecule is CC/C=C\C/C=C\C/C=C\C/C=C\CCCCCCCCC(=O)OCC(COC1OC(C(=O)O)C(O)C(O)C1OC(=O)CCCCCCCCCCCCC)OC(=O)CCCCCCCCCCCCC. The Morgan fingerprint density at radius 2 is 0.887 bits per heavy atom. The largest absolute Gasteiger partial charge is 0.479 e. The van der Waals surface area contributed by atoms with Gasteiger partial charge in [-0.25, -0.2) is 4.79 Å². The van der Waals surface area contributed by atoms with Crippen molar-refractivity contribution in [1.29, 1.82) is 0 Å². The molecule has 1 aliphatic heterocycles. The molecule has 0 bridgehead atoms. The summed E-state index contributed by atoms with van der Waals surface area (Å²) >= 11 is 0. The smallest absolute Gasteiger partial charge is 0.335 e. The van der Waals surface area contributed by atoms with Gasteiger partial charge in [-0.1, -0.05) is 223 Å². The molecular weight excluding hydrogens is 901 g/mol. The average molecular weight is 1000 g/mol. The van der Waals surface area contributed by atoms with Crippen molar-refractivity contribution in [2.24, 2.45) is 0 Å². The van der Waals surface area contributed by atoms with Crippen molar-refractivity contribution in [3.63, 3.8) is 0 Å². The first-order valence-electron chi connectivity index (χ1n) is 28.6. The molecule has 3 N–H and O–H groups in total. The van der Waals surface area contributed by atoms with E-state index in [-0.39, 0.29) is 25.9 Å². The summed E-state index contributed by atoms with van der Waals surface area (Å²) in [5, 5.41) is 31.4. The van der Waals surface area contributed by atoms with E-state index in [1.807, 2.05) is 0 Å². The first kappa shape index (κ1) is 65.7. The fourth-order valence-corrected chi connectivity index (χ4v) is 8.54. The van der Waals surface area contributed by atoms with E-state index in [1.165, 1.54) is 83.5 Å². The van der Waals surface area contributed by atoms with Crippen molar-refractivity contribution in [2.45, 2.75) is 289 Å². The Kier molecular flexibility index (Phi) is 44.1. The molecular formula is C59H102O12. The highest BCUT2D eigenvalue weighted by Gasteiger charge is 2.50. The summed E-state index contributed by atoms with van der Waals surface area (Å²) in [6, 6.07) is 0. The molecule has 0 aromatic carbocycles. The molecule has 0 saturated carbocycles. The van der Waals surface area contributed by atoms with Crippen molar-refractivity contribution >= 4 is 23.9 Å². The molecule has 0 amide bonds. The van der Waals surface area contributed by atoms with E-state index in [1.54, 1.807) is 0 Å². The van der Waals surface area contributed by atoms with Crippen LogP contribution in [-0.2, 0) is 42.9 Å². The van der Waals surface area contributed by atoms with E-state index < -0.39 is 67.3 Å². The minimum Gasteiger partial charge on any atom is -0.479 e. The van der Waals surface area contributed by atoms with Crippen LogP contribution in [0.5, 0.6) is 0 Å². The number of hydrogen-bond acceptors (Lipinski definition) is 11. The maximum atomic E-state index is 13.1. The lowest BCUT2D eigenvalue weighted by atomic mass is 9.98. The Morgan fingerprint density at radius 1 is 0.479 bits per heavy atom. The number of aliphatic hydroxyl groups excluding tert-OH is 2. The second-order valence-electron chi connectivity index (χ2n) is 19.6. The third-order valence-corrected chi connectivity index (χ3v) is 12.9. The molecule has 1 aliphatic rings. The molecule has 6 unspecified atom stereocenters. The zero-order valence-electron chi connectivity index (χ0n) is 45.0. The van der Waals surface area contributed by atoms with Crippen LogP contribution < -0.4 is 0 Å². The summed E-state index contributed by atoms with van der Waals surface area (Å²) in [6.45, 7) is 5.85. The molecule has 0 spiro atoms. The van der Waals surface area contributed by atoms with Crippen LogP contribution in [0.4, 0.5) is 0 Å². The Labute approximate surface area is 431 Å². The van der Waals surface area contributed by atoms with Gasteiger partial charge in [0.1, 0.15) is 18.8 Å². The van der Waals surface area contributed by atoms with Gasteiger partial charge in [0, 0.05) is 19.3 Å². The Morgan fingerprint density at radius 3 is 1.35 bits per heavy atom. The van der Waals surface area contributed by atoms with Crippen molar-refractivity contribution in [3.05, 3.63) is 48.6 Å². The van der Waals surface area contributed by atoms with Crippen LogP contribution in [0.15, 0.2) is 48.6 Å². The fourth-order valence-electron chi connectivity index (χ4n) is 8.54. The molecule has 12 nitrogen and oxygen atoms in total. The molecule has 6 atom stereocenters. The summed E-state index contributed by atoms with van der Waals surface area (Å²) in [4.78, 5) is 50.9. The topological polar surface area (TPSA) is 175 Å². The quantitative estimate of drug-likeness (QED) is 0.0228. The lowest BCUT2D eigenvalue weighted by molar-refractivity contribution is -0.301. The van der Waals surface area contributed by atoms with Crippen LogP contribution in [-0.4, -0.2) is 89.2 Å². The first-order chi connectivity index (χ1) is 34.6. The zero-order valence-corrected chi connectivity index (χ0v) is 45.0. The van der Waals surface area contributed by atoms with E-state index in [0.717, 1.165) is 109 Å². The van der Waals surface area contributed by atoms with Gasteiger partial charge in [0.15, 0.2) is 24.6 Å². The number of unbranched alkanes of at least 4 members (excludes halogenated alkanes) is 26. The molecule has 0 aromatic heterocycles. The highest BCUT2D eigenvalue weighted by Crippen LogP contribution is 2.26. The van der Waals surface area contributed by atoms with Gasteiger partial charge in [0.2, 0.25) is 0 Å². The van der Waals surface area contributed by atoms with Gasteiger partial charge in [-0.3, -0.25) is 14.4 Å². The number of carboxylic acid groups (broad SMARTS) is 1. The number of carbonyl (C=O) groups is 4. The summed E-state index contributed by atoms with van der Waals surface area (Å²) in [6.07, 6.45) is 43.8. The van der Waals surface area contributed by atoms with Gasteiger partial charge >= 0.3 is 23.9 Å². The predicted octanol–water partition coefficient (Wildman–Crippen LogP) is 14.2. The molecule has 1 rings (SSSR count). The third kappa shape index (κ3) is 38.0. The van der Waals surface area contributed by atoms with Gasteiger partial charge in [-0.15, -0.1) is 0 Å². The highest BCUT2D eigenvalue weighted by atomic mass is 16.7. The van der Waals surface area contributed by atoms with E-state index in [2.05, 4.69) is 69.4 Å². The molecule has 71 heavy (non-hydrogen) atoms. The minimum atomic E-state index is -1.90. The van der Waals surface area contributed by atoms with Gasteiger partial charge < -0.3 is 39.0 Å². The van der Waals surface area contributed by atoms with Crippen molar-refractivity contribution < 1.29 is 58.2 Å². The minimum absolute atomic E-state index is 0.0628. The number of esters is 3. The van der Waals surface area contributed by atoms with Crippen LogP contribution in [0.3, 0.4) is 0 Å². The summed E-state index contributed by atoms with van der Waals surface area (Å²) in [5.41, 5.74) is 0. The number of ether oxygens (including phenoxy) is 5. The number of hydrogen-bond donors (Lipinski definition) is 3. The predicted molar refractivity (Wildman–Crippen MR) is 285 cm³/mol. The lowest BCUT2D eigenvalue weighted by Gasteiger charge is -2.40. The molecule has 1 saturated heterocycles. The second kappa shape index (κ2) is 47.7. The van der Waals surface area contributed by atoms with Crippen molar-refractivity contribution in [3.8, 4) is 0 Å². The molecule has 410 valence electrons. The Balaban J connectivity index is 2.67. The van der Waals surface area contributed by atoms with E-state index in [4.69, 9.17) is 23.7 Å². The van der Waals surface area contributed by atoms with E-state index in [9.17, 15) is 34.5 Å². The maximum Gasteiger partial charge on any atom is 0.335 e. The number of aliphatic hydroxyl groups is 2. The van der Waals surface area contributed by atoms with Crippen LogP contribution in [0.1, 0.15) is 252 Å². The van der Waals surface area contributed by atoms with Crippen molar-refractivity contribution in [1.82, 2.24) is 0 Å². The molecule has 0 aromatic rings. The summed E-state index contributed by atoms with van der Waals surface area (Å²) in [5.74, 6) is -3.12. The molecule has 12 heteroatoms. The monoisotopic (exact) mass is 1000 g/mol. The van der Waals surface area contributed by atoms with E-state index >= 15 is 0 Å². The lowest BCUT2D eigenvalue weighted by Crippen LogP contribution is -2.61. The summed E-state index contributed by atoms with van der Waals surface area (Å²) in [7, 11) is 0. The number of carboxylic acids is 1. The standard InChI is InChI=1S/C59H102O12/c1-4-7-10-13-16-19-22-23-24-25-26-27-28-29-32-33-36-39-42-45-51(60)67-48-50(69-52(61)46-43-40-37-34-30-20-17-14-11-8-5-2)49-68-59-57(55(64)54(63)56(71-59)58(65)66)70-53(62)47-44-41-38-35-31-21-18-15-12-9-6-3/h7,10,16,19,23-24,26-27,50,54-57,59,63-64H,4-6,8-9,11-15,17-18,20-22,25,28-49H2,1-3H3,(H,65,66)/b10-7-,19-16-,24-23-,27-26-. The summed E-state index contributed by atoms with van der Waals surface area (Å²) < 4.78 is 28.4. The number of aliphatic carboxylic acids is 1. The Bertz CT molecular complexity index is 1420. The van der Waals surface area contributed by atoms with Crippen LogP contribution in [0, 0.1) is 0 Å². The van der Waals surface area contributed by atoms with Crippen molar-refractivity contribution in [2.75, 3.05) is 13.2 Å². The van der Waals surface area contributed by atoms with Crippen LogP contribution in [0.25, 0.3) is 0 Å². The molecule has 1 heterocycles. The number of carbonyl (C=O) groups excluding carboxylic acids is 3. The number of allylic oxidation sites excluding steroid dienone is 8. The van der Waals surface area contributed by atoms with Gasteiger partial charge in [-0.05, 0) is 57.8 Å². The molecule has 0 aliphatic carbocycles. The Hall–Kier alpha value is -3.32. The van der Waals surface area contributed by atoms with E-state index in [0.29, 0.717) is 19.3 Å². The fraction of sp³-hybridized carbons (Fsp3) is 0.797. The third-order valence-electron chi connectivity index (χ3n) is 12.9. The van der Waals surface area contributed by atoms with Crippen LogP contribution in [0.2, 0.25) is 0 Å². The van der Waals surface area contributed by atoms with Crippen LogP contribution >= 0.6 is 0 Å². The van der Waals surface area contributed by atoms with Gasteiger partial charge in [0.05, 0.1) is 6.61 Å².